The highest BCUT2D eigenvalue weighted by Gasteiger charge is 2.17. The van der Waals surface area contributed by atoms with Crippen LogP contribution in [0.2, 0.25) is 0 Å². The molecule has 2 heterocycles. The number of ether oxygens (including phenoxy) is 2. The molecular formula is C38H30Br2N2O4. The molecule has 6 nitrogen and oxygen atoms in total. The summed E-state index contributed by atoms with van der Waals surface area (Å²) < 4.78 is 18.3. The Labute approximate surface area is 282 Å². The molecule has 7 aromatic rings. The van der Waals surface area contributed by atoms with Gasteiger partial charge in [-0.05, 0) is 104 Å². The van der Waals surface area contributed by atoms with Crippen molar-refractivity contribution < 1.29 is 9.47 Å². The lowest BCUT2D eigenvalue weighted by Gasteiger charge is -2.19. The van der Waals surface area contributed by atoms with Gasteiger partial charge in [0.05, 0.1) is 28.7 Å². The van der Waals surface area contributed by atoms with E-state index in [1.807, 2.05) is 114 Å². The predicted octanol–water partition coefficient (Wildman–Crippen LogP) is 9.43. The van der Waals surface area contributed by atoms with E-state index >= 15 is 0 Å². The summed E-state index contributed by atoms with van der Waals surface area (Å²) in [4.78, 5) is 27.9. The average molecular weight is 738 g/mol. The number of hydrogen-bond donors (Lipinski definition) is 0. The smallest absolute Gasteiger partial charge is 0.197 e. The van der Waals surface area contributed by atoms with Crippen LogP contribution in [0, 0.1) is 0 Å². The second-order valence-corrected chi connectivity index (χ2v) is 13.1. The van der Waals surface area contributed by atoms with Crippen LogP contribution in [0.15, 0.2) is 128 Å². The van der Waals surface area contributed by atoms with Crippen molar-refractivity contribution in [2.75, 3.05) is 6.61 Å². The topological polar surface area (TPSA) is 62.5 Å². The second kappa shape index (κ2) is 13.1. The van der Waals surface area contributed by atoms with Gasteiger partial charge in [0, 0.05) is 37.0 Å². The van der Waals surface area contributed by atoms with Gasteiger partial charge in [0.2, 0.25) is 0 Å². The molecule has 0 saturated heterocycles. The molecule has 0 atom stereocenters. The first-order chi connectivity index (χ1) is 22.5. The van der Waals surface area contributed by atoms with Crippen molar-refractivity contribution >= 4 is 75.5 Å². The van der Waals surface area contributed by atoms with Gasteiger partial charge in [-0.3, -0.25) is 9.59 Å². The molecular weight excluding hydrogens is 708 g/mol. The molecule has 2 aromatic heterocycles. The highest BCUT2D eigenvalue weighted by Crippen LogP contribution is 2.28. The molecule has 0 fully saturated rings. The Balaban J connectivity index is 1.28. The Morgan fingerprint density at radius 1 is 0.500 bits per heavy atom. The summed E-state index contributed by atoms with van der Waals surface area (Å²) >= 11 is 6.93. The first kappa shape index (κ1) is 30.3. The minimum Gasteiger partial charge on any atom is -0.494 e. The summed E-state index contributed by atoms with van der Waals surface area (Å²) in [5.74, 6) is 1.56. The molecule has 8 heteroatoms. The number of benzene rings is 5. The highest BCUT2D eigenvalue weighted by molar-refractivity contribution is 9.10. The van der Waals surface area contributed by atoms with E-state index in [0.29, 0.717) is 46.0 Å². The van der Waals surface area contributed by atoms with Crippen LogP contribution in [-0.2, 0) is 13.3 Å². The van der Waals surface area contributed by atoms with Crippen molar-refractivity contribution in [1.82, 2.24) is 9.13 Å². The van der Waals surface area contributed by atoms with Crippen molar-refractivity contribution in [3.63, 3.8) is 0 Å². The van der Waals surface area contributed by atoms with Crippen molar-refractivity contribution in [1.29, 1.82) is 0 Å². The number of rotatable bonds is 10. The van der Waals surface area contributed by atoms with Crippen LogP contribution in [0.4, 0.5) is 0 Å². The average Bonchev–Trinajstić information content (AvgIpc) is 3.08. The van der Waals surface area contributed by atoms with E-state index < -0.39 is 0 Å². The molecule has 0 spiro atoms. The van der Waals surface area contributed by atoms with Crippen LogP contribution in [-0.4, -0.2) is 15.7 Å². The van der Waals surface area contributed by atoms with Gasteiger partial charge in [0.25, 0.3) is 0 Å². The zero-order chi connectivity index (χ0) is 31.6. The summed E-state index contributed by atoms with van der Waals surface area (Å²) in [6.07, 6.45) is 2.76. The third-order valence-electron chi connectivity index (χ3n) is 8.35. The minimum atomic E-state index is -0.0651. The number of pyridine rings is 2. The summed E-state index contributed by atoms with van der Waals surface area (Å²) in [5.41, 5.74) is 2.93. The molecule has 0 unspecified atom stereocenters. The highest BCUT2D eigenvalue weighted by atomic mass is 79.9. The monoisotopic (exact) mass is 736 g/mol. The number of hydrogen-bond acceptors (Lipinski definition) is 4. The Morgan fingerprint density at radius 2 is 1.00 bits per heavy atom. The van der Waals surface area contributed by atoms with Gasteiger partial charge >= 0.3 is 0 Å². The maximum absolute atomic E-state index is 14.0. The fourth-order valence-corrected chi connectivity index (χ4v) is 6.59. The number of fused-ring (bicyclic) bond motifs is 4. The van der Waals surface area contributed by atoms with Crippen LogP contribution in [0.1, 0.15) is 19.3 Å². The van der Waals surface area contributed by atoms with E-state index in [-0.39, 0.29) is 17.6 Å². The number of para-hydroxylation sites is 2. The molecule has 5 aromatic carbocycles. The molecule has 7 rings (SSSR count). The van der Waals surface area contributed by atoms with Gasteiger partial charge in [-0.15, -0.1) is 0 Å². The molecule has 0 N–H and O–H groups in total. The van der Waals surface area contributed by atoms with Gasteiger partial charge < -0.3 is 18.6 Å². The maximum Gasteiger partial charge on any atom is 0.197 e. The fraction of sp³-hybridized carbons (Fsp3) is 0.158. The van der Waals surface area contributed by atoms with Crippen LogP contribution >= 0.6 is 31.9 Å². The van der Waals surface area contributed by atoms with E-state index in [9.17, 15) is 9.59 Å². The lowest BCUT2D eigenvalue weighted by Crippen LogP contribution is -2.17. The van der Waals surface area contributed by atoms with Crippen molar-refractivity contribution in [2.24, 2.45) is 0 Å². The summed E-state index contributed by atoms with van der Waals surface area (Å²) in [6, 6.07) is 34.5. The SMILES string of the molecule is O=c1c2ccccc2n(CCCCCOc2ccc(Br)cc2)c2cc3c(=O)c4ccccc4n(COc4ccc(Br)cc4)c3cc12. The predicted molar refractivity (Wildman–Crippen MR) is 193 cm³/mol. The van der Waals surface area contributed by atoms with Crippen LogP contribution in [0.25, 0.3) is 43.6 Å². The Morgan fingerprint density at radius 3 is 1.59 bits per heavy atom. The zero-order valence-electron chi connectivity index (χ0n) is 24.9. The third kappa shape index (κ3) is 5.95. The Hall–Kier alpha value is -4.40. The normalized spacial score (nSPS) is 11.5. The second-order valence-electron chi connectivity index (χ2n) is 11.2. The van der Waals surface area contributed by atoms with Gasteiger partial charge in [0.15, 0.2) is 17.6 Å². The van der Waals surface area contributed by atoms with Crippen molar-refractivity contribution in [2.45, 2.75) is 32.5 Å². The van der Waals surface area contributed by atoms with Crippen LogP contribution in [0.3, 0.4) is 0 Å². The number of nitrogens with zero attached hydrogens (tertiary/aromatic N) is 2. The molecule has 0 amide bonds. The fourth-order valence-electron chi connectivity index (χ4n) is 6.06. The molecule has 0 aliphatic carbocycles. The largest absolute Gasteiger partial charge is 0.494 e. The molecule has 0 radical (unpaired) electrons. The maximum atomic E-state index is 14.0. The van der Waals surface area contributed by atoms with E-state index in [1.165, 1.54) is 0 Å². The molecule has 230 valence electrons. The molecule has 0 aliphatic heterocycles. The summed E-state index contributed by atoms with van der Waals surface area (Å²) in [5, 5.41) is 2.40. The zero-order valence-corrected chi connectivity index (χ0v) is 28.1. The molecule has 46 heavy (non-hydrogen) atoms. The minimum absolute atomic E-state index is 0.0485. The lowest BCUT2D eigenvalue weighted by atomic mass is 10.0. The van der Waals surface area contributed by atoms with Gasteiger partial charge in [-0.1, -0.05) is 56.1 Å². The Bertz CT molecular complexity index is 2330. The standard InChI is InChI=1S/C38H30Br2N2O4/c39-25-12-16-27(17-13-25)45-21-7-1-6-20-41-33-10-4-2-8-29(33)37(43)31-23-36-32(22-35(31)41)38(44)30-9-3-5-11-34(30)42(36)24-46-28-18-14-26(40)15-19-28/h2-5,8-19,22-23H,1,6-7,20-21,24H2. The van der Waals surface area contributed by atoms with Gasteiger partial charge in [0.1, 0.15) is 11.5 Å². The third-order valence-corrected chi connectivity index (χ3v) is 9.40. The van der Waals surface area contributed by atoms with Crippen LogP contribution in [0.5, 0.6) is 11.5 Å². The number of aryl methyl sites for hydroxylation is 1. The molecule has 0 aliphatic rings. The molecule has 0 bridgehead atoms. The quantitative estimate of drug-likeness (QED) is 0.104. The van der Waals surface area contributed by atoms with E-state index in [4.69, 9.17) is 9.47 Å². The van der Waals surface area contributed by atoms with Gasteiger partial charge in [-0.25, -0.2) is 0 Å². The van der Waals surface area contributed by atoms with E-state index in [1.54, 1.807) is 0 Å². The number of aromatic nitrogens is 2. The Kier molecular flexibility index (Phi) is 8.65. The molecule has 0 saturated carbocycles. The number of unbranched alkanes of at least 4 members (excludes halogenated alkanes) is 2. The lowest BCUT2D eigenvalue weighted by molar-refractivity contribution is 0.245. The number of halogens is 2. The summed E-state index contributed by atoms with van der Waals surface area (Å²) in [6.45, 7) is 1.51. The van der Waals surface area contributed by atoms with Crippen molar-refractivity contribution in [3.05, 3.63) is 139 Å². The van der Waals surface area contributed by atoms with E-state index in [2.05, 4.69) is 36.4 Å². The van der Waals surface area contributed by atoms with Crippen molar-refractivity contribution in [3.8, 4) is 11.5 Å². The first-order valence-corrected chi connectivity index (χ1v) is 16.8. The van der Waals surface area contributed by atoms with E-state index in [0.717, 1.165) is 50.5 Å². The van der Waals surface area contributed by atoms with Gasteiger partial charge in [-0.2, -0.15) is 0 Å². The summed E-state index contributed by atoms with van der Waals surface area (Å²) in [7, 11) is 0. The first-order valence-electron chi connectivity index (χ1n) is 15.3. The van der Waals surface area contributed by atoms with Crippen LogP contribution < -0.4 is 20.3 Å².